The van der Waals surface area contributed by atoms with E-state index < -0.39 is 0 Å². The summed E-state index contributed by atoms with van der Waals surface area (Å²) < 4.78 is 6.23. The SMILES string of the molecule is CC[C@]12CCC3C(CCC4=CC(=O)CC[C@@H]43)C1[C@@H]1C[C@@H]1[C@@]21CCC(=O)O1. The van der Waals surface area contributed by atoms with Crippen LogP contribution in [0.25, 0.3) is 0 Å². The molecule has 0 aromatic heterocycles. The third-order valence-electron chi connectivity index (χ3n) is 9.75. The molecule has 1 spiro atoms. The molecule has 5 fully saturated rings. The van der Waals surface area contributed by atoms with Crippen molar-refractivity contribution < 1.29 is 14.3 Å². The number of carbonyl (C=O) groups is 2. The number of hydrogen-bond donors (Lipinski definition) is 0. The van der Waals surface area contributed by atoms with Crippen molar-refractivity contribution in [1.82, 2.24) is 0 Å². The van der Waals surface area contributed by atoms with Crippen LogP contribution in [0.4, 0.5) is 0 Å². The van der Waals surface area contributed by atoms with E-state index in [2.05, 4.69) is 6.92 Å². The maximum Gasteiger partial charge on any atom is 0.306 e. The number of ketones is 1. The van der Waals surface area contributed by atoms with Crippen molar-refractivity contribution in [2.45, 2.75) is 76.7 Å². The second kappa shape index (κ2) is 5.02. The van der Waals surface area contributed by atoms with E-state index >= 15 is 0 Å². The molecule has 0 aromatic carbocycles. The fourth-order valence-corrected chi connectivity index (χ4v) is 8.98. The number of carbonyl (C=O) groups excluding carboxylic acids is 2. The Morgan fingerprint density at radius 1 is 1.04 bits per heavy atom. The first kappa shape index (κ1) is 15.9. The summed E-state index contributed by atoms with van der Waals surface area (Å²) in [6.07, 6.45) is 12.9. The van der Waals surface area contributed by atoms with E-state index in [1.807, 2.05) is 6.08 Å². The lowest BCUT2D eigenvalue weighted by molar-refractivity contribution is -0.179. The molecule has 140 valence electrons. The summed E-state index contributed by atoms with van der Waals surface area (Å²) in [5.41, 5.74) is 1.61. The van der Waals surface area contributed by atoms with Gasteiger partial charge in [-0.3, -0.25) is 9.59 Å². The molecular weight excluding hydrogens is 324 g/mol. The number of fused-ring (bicyclic) bond motifs is 9. The molecule has 0 amide bonds. The van der Waals surface area contributed by atoms with Crippen LogP contribution in [-0.2, 0) is 14.3 Å². The quantitative estimate of drug-likeness (QED) is 0.654. The number of ether oxygens (including phenoxy) is 1. The van der Waals surface area contributed by atoms with Crippen LogP contribution in [0.3, 0.4) is 0 Å². The summed E-state index contributed by atoms with van der Waals surface area (Å²) in [6, 6.07) is 0. The van der Waals surface area contributed by atoms with Gasteiger partial charge in [0.15, 0.2) is 5.78 Å². The number of esters is 1. The van der Waals surface area contributed by atoms with Crippen LogP contribution < -0.4 is 0 Å². The van der Waals surface area contributed by atoms with Gasteiger partial charge in [-0.1, -0.05) is 12.5 Å². The Kier molecular flexibility index (Phi) is 3.07. The molecule has 0 bridgehead atoms. The summed E-state index contributed by atoms with van der Waals surface area (Å²) in [6.45, 7) is 2.36. The fourth-order valence-electron chi connectivity index (χ4n) is 8.98. The van der Waals surface area contributed by atoms with E-state index in [1.54, 1.807) is 0 Å². The van der Waals surface area contributed by atoms with Gasteiger partial charge in [-0.05, 0) is 87.0 Å². The highest BCUT2D eigenvalue weighted by Crippen LogP contribution is 2.79. The first-order chi connectivity index (χ1) is 12.6. The van der Waals surface area contributed by atoms with Gasteiger partial charge in [0.25, 0.3) is 0 Å². The number of allylic oxidation sites excluding steroid dienone is 1. The molecule has 6 rings (SSSR count). The molecule has 1 aliphatic heterocycles. The van der Waals surface area contributed by atoms with Crippen LogP contribution in [0.2, 0.25) is 0 Å². The smallest absolute Gasteiger partial charge is 0.306 e. The minimum Gasteiger partial charge on any atom is -0.458 e. The van der Waals surface area contributed by atoms with Crippen molar-refractivity contribution in [3.63, 3.8) is 0 Å². The molecule has 4 saturated carbocycles. The predicted octanol–water partition coefficient (Wildman–Crippen LogP) is 4.45. The highest BCUT2D eigenvalue weighted by atomic mass is 16.6. The molecule has 0 radical (unpaired) electrons. The third-order valence-corrected chi connectivity index (χ3v) is 9.75. The number of rotatable bonds is 1. The van der Waals surface area contributed by atoms with Gasteiger partial charge in [0.1, 0.15) is 5.60 Å². The Hall–Kier alpha value is -1.12. The van der Waals surface area contributed by atoms with E-state index in [0.29, 0.717) is 24.0 Å². The van der Waals surface area contributed by atoms with Gasteiger partial charge in [-0.25, -0.2) is 0 Å². The van der Waals surface area contributed by atoms with Crippen LogP contribution in [0, 0.1) is 40.9 Å². The second-order valence-corrected chi connectivity index (χ2v) is 10.1. The summed E-state index contributed by atoms with van der Waals surface area (Å²) in [5, 5.41) is 0. The summed E-state index contributed by atoms with van der Waals surface area (Å²) in [4.78, 5) is 24.0. The average Bonchev–Trinajstić information content (AvgIpc) is 3.29. The molecule has 5 aliphatic carbocycles. The van der Waals surface area contributed by atoms with E-state index in [1.165, 1.54) is 37.7 Å². The lowest BCUT2D eigenvalue weighted by atomic mass is 9.47. The largest absolute Gasteiger partial charge is 0.458 e. The van der Waals surface area contributed by atoms with Gasteiger partial charge in [-0.15, -0.1) is 0 Å². The molecule has 1 heterocycles. The Bertz CT molecular complexity index is 723. The first-order valence-corrected chi connectivity index (χ1v) is 11.0. The predicted molar refractivity (Wildman–Crippen MR) is 97.1 cm³/mol. The minimum absolute atomic E-state index is 0.0610. The number of hydrogen-bond acceptors (Lipinski definition) is 3. The zero-order valence-electron chi connectivity index (χ0n) is 15.8. The van der Waals surface area contributed by atoms with E-state index in [-0.39, 0.29) is 17.0 Å². The Morgan fingerprint density at radius 3 is 2.69 bits per heavy atom. The van der Waals surface area contributed by atoms with Crippen LogP contribution in [-0.4, -0.2) is 17.4 Å². The van der Waals surface area contributed by atoms with Gasteiger partial charge < -0.3 is 4.74 Å². The van der Waals surface area contributed by atoms with Crippen LogP contribution in [0.1, 0.15) is 71.1 Å². The summed E-state index contributed by atoms with van der Waals surface area (Å²) in [5.74, 6) is 4.89. The lowest BCUT2D eigenvalue weighted by Crippen LogP contribution is -2.56. The summed E-state index contributed by atoms with van der Waals surface area (Å²) in [7, 11) is 0. The lowest BCUT2D eigenvalue weighted by Gasteiger charge is -2.58. The molecule has 3 heteroatoms. The monoisotopic (exact) mass is 354 g/mol. The van der Waals surface area contributed by atoms with Crippen molar-refractivity contribution in [1.29, 1.82) is 0 Å². The van der Waals surface area contributed by atoms with Gasteiger partial charge in [-0.2, -0.15) is 0 Å². The normalized spacial score (nSPS) is 54.1. The fraction of sp³-hybridized carbons (Fsp3) is 0.826. The van der Waals surface area contributed by atoms with Crippen LogP contribution >= 0.6 is 0 Å². The van der Waals surface area contributed by atoms with Crippen LogP contribution in [0.5, 0.6) is 0 Å². The maximum atomic E-state index is 12.1. The van der Waals surface area contributed by atoms with Crippen molar-refractivity contribution in [2.24, 2.45) is 40.9 Å². The first-order valence-electron chi connectivity index (χ1n) is 11.0. The molecular formula is C23H30O3. The van der Waals surface area contributed by atoms with Crippen LogP contribution in [0.15, 0.2) is 11.6 Å². The standard InChI is InChI=1S/C23H30O3/c1-2-22-9-7-16-15-6-4-14(24)11-13(15)3-5-17(16)21(22)18-12-19(18)23(22)10-8-20(25)26-23/h11,15-19,21H,2-10,12H2,1H3/t15-,16?,17?,18+,19-,21?,22-,23-/m0/s1. The van der Waals surface area contributed by atoms with Crippen molar-refractivity contribution in [3.8, 4) is 0 Å². The molecule has 6 aliphatic rings. The Morgan fingerprint density at radius 2 is 1.92 bits per heavy atom. The summed E-state index contributed by atoms with van der Waals surface area (Å²) >= 11 is 0. The van der Waals surface area contributed by atoms with E-state index in [9.17, 15) is 9.59 Å². The minimum atomic E-state index is -0.113. The molecule has 3 unspecified atom stereocenters. The molecule has 3 nitrogen and oxygen atoms in total. The second-order valence-electron chi connectivity index (χ2n) is 10.1. The molecule has 26 heavy (non-hydrogen) atoms. The Balaban J connectivity index is 1.39. The molecule has 1 saturated heterocycles. The maximum absolute atomic E-state index is 12.1. The molecule has 8 atom stereocenters. The van der Waals surface area contributed by atoms with Gasteiger partial charge in [0.05, 0.1) is 0 Å². The van der Waals surface area contributed by atoms with Crippen molar-refractivity contribution in [3.05, 3.63) is 11.6 Å². The topological polar surface area (TPSA) is 43.4 Å². The zero-order chi connectivity index (χ0) is 17.7. The highest BCUT2D eigenvalue weighted by Gasteiger charge is 2.79. The van der Waals surface area contributed by atoms with E-state index in [0.717, 1.165) is 49.4 Å². The Labute approximate surface area is 155 Å². The van der Waals surface area contributed by atoms with Crippen molar-refractivity contribution >= 4 is 11.8 Å². The van der Waals surface area contributed by atoms with Gasteiger partial charge >= 0.3 is 5.97 Å². The molecule has 0 N–H and O–H groups in total. The van der Waals surface area contributed by atoms with Gasteiger partial charge in [0, 0.05) is 24.2 Å². The van der Waals surface area contributed by atoms with Crippen molar-refractivity contribution in [2.75, 3.05) is 0 Å². The average molecular weight is 354 g/mol. The van der Waals surface area contributed by atoms with Gasteiger partial charge in [0.2, 0.25) is 0 Å². The van der Waals surface area contributed by atoms with E-state index in [4.69, 9.17) is 4.74 Å². The highest BCUT2D eigenvalue weighted by molar-refractivity contribution is 5.91. The molecule has 0 aromatic rings. The third kappa shape index (κ3) is 1.72. The zero-order valence-corrected chi connectivity index (χ0v) is 15.8.